The van der Waals surface area contributed by atoms with Crippen LogP contribution in [0.5, 0.6) is 0 Å². The number of imide groups is 1. The van der Waals surface area contributed by atoms with Crippen molar-refractivity contribution in [2.24, 2.45) is 0 Å². The Balaban J connectivity index is 0.000000385. The van der Waals surface area contributed by atoms with Crippen LogP contribution in [-0.4, -0.2) is 40.2 Å². The maximum absolute atomic E-state index is 10.6. The fourth-order valence-corrected chi connectivity index (χ4v) is 1.51. The first-order chi connectivity index (χ1) is 7.20. The van der Waals surface area contributed by atoms with Gasteiger partial charge in [-0.2, -0.15) is 12.7 Å². The highest BCUT2D eigenvalue weighted by molar-refractivity contribution is 7.84. The fraction of sp³-hybridized carbons (Fsp3) is 0.571. The van der Waals surface area contributed by atoms with Gasteiger partial charge in [-0.1, -0.05) is 6.92 Å². The van der Waals surface area contributed by atoms with Gasteiger partial charge in [0, 0.05) is 19.3 Å². The first-order valence-corrected chi connectivity index (χ1v) is 5.65. The lowest BCUT2D eigenvalue weighted by Crippen LogP contribution is -2.34. The Bertz CT molecular complexity index is 383. The van der Waals surface area contributed by atoms with Gasteiger partial charge in [0.05, 0.1) is 0 Å². The third-order valence-electron chi connectivity index (χ3n) is 1.54. The Morgan fingerprint density at radius 1 is 1.31 bits per heavy atom. The maximum atomic E-state index is 10.6. The topological polar surface area (TPSA) is 129 Å². The van der Waals surface area contributed by atoms with Crippen molar-refractivity contribution in [2.45, 2.75) is 26.2 Å². The molecule has 1 heterocycles. The van der Waals surface area contributed by atoms with E-state index < -0.39 is 28.1 Å². The summed E-state index contributed by atoms with van der Waals surface area (Å²) in [6, 6.07) is 0. The third-order valence-corrected chi connectivity index (χ3v) is 2.41. The summed E-state index contributed by atoms with van der Waals surface area (Å²) in [6.07, 6.45) is -0.0861. The van der Waals surface area contributed by atoms with E-state index in [9.17, 15) is 22.8 Å². The molecular formula is C7H11NO7S. The molecule has 1 aliphatic rings. The van der Waals surface area contributed by atoms with Gasteiger partial charge in [-0.25, -0.2) is 0 Å². The van der Waals surface area contributed by atoms with Crippen molar-refractivity contribution in [3.63, 3.8) is 0 Å². The van der Waals surface area contributed by atoms with E-state index in [1.165, 1.54) is 0 Å². The summed E-state index contributed by atoms with van der Waals surface area (Å²) in [7, 11) is -4.67. The van der Waals surface area contributed by atoms with Crippen molar-refractivity contribution in [2.75, 3.05) is 0 Å². The highest BCUT2D eigenvalue weighted by Crippen LogP contribution is 2.14. The number of carbonyl (C=O) groups excluding carboxylic acids is 2. The van der Waals surface area contributed by atoms with Crippen LogP contribution < -0.4 is 0 Å². The van der Waals surface area contributed by atoms with E-state index in [-0.39, 0.29) is 23.6 Å². The lowest BCUT2D eigenvalue weighted by Gasteiger charge is -2.06. The molecule has 2 N–H and O–H groups in total. The first-order valence-electron chi connectivity index (χ1n) is 4.25. The third kappa shape index (κ3) is 4.36. The molecule has 0 aromatic heterocycles. The Hall–Kier alpha value is -1.48. The summed E-state index contributed by atoms with van der Waals surface area (Å²) in [4.78, 5) is 30.6. The van der Waals surface area contributed by atoms with E-state index in [2.05, 4.69) is 0 Å². The molecule has 1 fully saturated rings. The number of nitrogens with zero attached hydrogens (tertiary/aromatic N) is 1. The molecule has 2 amide bonds. The number of carboxylic acid groups (broad SMARTS) is 1. The predicted molar refractivity (Wildman–Crippen MR) is 50.6 cm³/mol. The Kier molecular flexibility index (Phi) is 5.05. The smallest absolute Gasteiger partial charge is 0.368 e. The number of hydrogen-bond acceptors (Lipinski definition) is 5. The Morgan fingerprint density at radius 3 is 1.75 bits per heavy atom. The molecule has 92 valence electrons. The van der Waals surface area contributed by atoms with Crippen molar-refractivity contribution >= 4 is 28.1 Å². The van der Waals surface area contributed by atoms with Crippen molar-refractivity contribution in [1.82, 2.24) is 4.31 Å². The molecule has 0 unspecified atom stereocenters. The van der Waals surface area contributed by atoms with Crippen LogP contribution in [-0.2, 0) is 24.7 Å². The van der Waals surface area contributed by atoms with Gasteiger partial charge in [-0.3, -0.25) is 18.9 Å². The van der Waals surface area contributed by atoms with Gasteiger partial charge < -0.3 is 5.11 Å². The van der Waals surface area contributed by atoms with Crippen LogP contribution in [0.3, 0.4) is 0 Å². The summed E-state index contributed by atoms with van der Waals surface area (Å²) in [5.41, 5.74) is 0. The second-order valence-electron chi connectivity index (χ2n) is 2.78. The summed E-state index contributed by atoms with van der Waals surface area (Å²) < 4.78 is 28.8. The minimum atomic E-state index is -4.67. The number of rotatable bonds is 2. The summed E-state index contributed by atoms with van der Waals surface area (Å²) in [6.45, 7) is 1.60. The van der Waals surface area contributed by atoms with Gasteiger partial charge in [0.15, 0.2) is 0 Å². The highest BCUT2D eigenvalue weighted by atomic mass is 32.2. The minimum Gasteiger partial charge on any atom is -0.481 e. The average molecular weight is 253 g/mol. The molecule has 0 aromatic carbocycles. The van der Waals surface area contributed by atoms with E-state index >= 15 is 0 Å². The predicted octanol–water partition coefficient (Wildman–Crippen LogP) is -0.581. The van der Waals surface area contributed by atoms with Crippen molar-refractivity contribution in [1.29, 1.82) is 0 Å². The average Bonchev–Trinajstić information content (AvgIpc) is 2.46. The fourth-order valence-electron chi connectivity index (χ4n) is 0.813. The Labute approximate surface area is 91.7 Å². The van der Waals surface area contributed by atoms with Gasteiger partial charge in [-0.05, 0) is 0 Å². The second-order valence-corrected chi connectivity index (χ2v) is 4.04. The molecule has 0 aliphatic carbocycles. The SMILES string of the molecule is CCC(=O)O.O=C1CCC(=O)N1S(=O)(=O)O. The lowest BCUT2D eigenvalue weighted by atomic mass is 10.4. The van der Waals surface area contributed by atoms with Gasteiger partial charge in [0.25, 0.3) is 0 Å². The zero-order chi connectivity index (χ0) is 12.9. The van der Waals surface area contributed by atoms with Crippen molar-refractivity contribution < 1.29 is 32.5 Å². The normalized spacial score (nSPS) is 15.8. The summed E-state index contributed by atoms with van der Waals surface area (Å²) in [5, 5.41) is 7.72. The van der Waals surface area contributed by atoms with E-state index in [4.69, 9.17) is 9.66 Å². The molecule has 0 atom stereocenters. The van der Waals surface area contributed by atoms with Crippen molar-refractivity contribution in [3.05, 3.63) is 0 Å². The van der Waals surface area contributed by atoms with E-state index in [1.807, 2.05) is 0 Å². The quantitative estimate of drug-likeness (QED) is 0.497. The highest BCUT2D eigenvalue weighted by Gasteiger charge is 2.37. The number of aliphatic carboxylic acids is 1. The zero-order valence-electron chi connectivity index (χ0n) is 8.41. The number of carboxylic acids is 1. The molecule has 1 rings (SSSR count). The van der Waals surface area contributed by atoms with Crippen LogP contribution in [0.25, 0.3) is 0 Å². The van der Waals surface area contributed by atoms with Crippen LogP contribution in [0.15, 0.2) is 0 Å². The first kappa shape index (κ1) is 14.5. The zero-order valence-corrected chi connectivity index (χ0v) is 9.23. The van der Waals surface area contributed by atoms with Crippen LogP contribution in [0.2, 0.25) is 0 Å². The lowest BCUT2D eigenvalue weighted by molar-refractivity contribution is -0.137. The molecule has 9 heteroatoms. The number of hydrogen-bond donors (Lipinski definition) is 2. The standard InChI is InChI=1S/C4H5NO5S.C3H6O2/c6-3-1-2-4(7)5(3)11(8,9)10;1-2-3(4)5/h1-2H2,(H,8,9,10);2H2,1H3,(H,4,5). The molecule has 0 radical (unpaired) electrons. The monoisotopic (exact) mass is 253 g/mol. The van der Waals surface area contributed by atoms with E-state index in [0.29, 0.717) is 0 Å². The van der Waals surface area contributed by atoms with Crippen LogP contribution in [0, 0.1) is 0 Å². The molecule has 8 nitrogen and oxygen atoms in total. The number of carbonyl (C=O) groups is 3. The molecule has 16 heavy (non-hydrogen) atoms. The molecule has 1 aliphatic heterocycles. The summed E-state index contributed by atoms with van der Waals surface area (Å²) in [5.74, 6) is -2.50. The maximum Gasteiger partial charge on any atom is 0.368 e. The largest absolute Gasteiger partial charge is 0.481 e. The minimum absolute atomic E-state index is 0.118. The molecular weight excluding hydrogens is 242 g/mol. The molecule has 0 bridgehead atoms. The van der Waals surface area contributed by atoms with Crippen LogP contribution in [0.1, 0.15) is 26.2 Å². The van der Waals surface area contributed by atoms with Gasteiger partial charge >= 0.3 is 16.3 Å². The van der Waals surface area contributed by atoms with Crippen LogP contribution >= 0.6 is 0 Å². The molecule has 0 spiro atoms. The molecule has 1 saturated heterocycles. The van der Waals surface area contributed by atoms with Gasteiger partial charge in [-0.15, -0.1) is 0 Å². The summed E-state index contributed by atoms with van der Waals surface area (Å²) >= 11 is 0. The number of amides is 2. The van der Waals surface area contributed by atoms with E-state index in [0.717, 1.165) is 0 Å². The molecule has 0 saturated carbocycles. The van der Waals surface area contributed by atoms with Crippen molar-refractivity contribution in [3.8, 4) is 0 Å². The Morgan fingerprint density at radius 2 is 1.62 bits per heavy atom. The van der Waals surface area contributed by atoms with E-state index in [1.54, 1.807) is 6.92 Å². The second kappa shape index (κ2) is 5.56. The van der Waals surface area contributed by atoms with Gasteiger partial charge in [0.2, 0.25) is 11.8 Å². The molecule has 0 aromatic rings. The van der Waals surface area contributed by atoms with Crippen LogP contribution in [0.4, 0.5) is 0 Å². The van der Waals surface area contributed by atoms with Gasteiger partial charge in [0.1, 0.15) is 0 Å².